The van der Waals surface area contributed by atoms with E-state index in [4.69, 9.17) is 4.74 Å². The lowest BCUT2D eigenvalue weighted by atomic mass is 10.1. The Balaban J connectivity index is 1.82. The fourth-order valence-electron chi connectivity index (χ4n) is 2.00. The number of rotatable bonds is 3. The van der Waals surface area contributed by atoms with Crippen molar-refractivity contribution >= 4 is 38.9 Å². The fourth-order valence-corrected chi connectivity index (χ4v) is 4.26. The summed E-state index contributed by atoms with van der Waals surface area (Å²) in [4.78, 5) is 24.2. The van der Waals surface area contributed by atoms with Gasteiger partial charge in [-0.15, -0.1) is 11.3 Å². The molecule has 1 aliphatic rings. The molecule has 120 valence electrons. The summed E-state index contributed by atoms with van der Waals surface area (Å²) in [5, 5.41) is 2.59. The van der Waals surface area contributed by atoms with Crippen LogP contribution in [0.2, 0.25) is 0 Å². The number of ether oxygens (including phenoxy) is 1. The summed E-state index contributed by atoms with van der Waals surface area (Å²) in [6, 6.07) is 7.40. The molecule has 1 aromatic carbocycles. The molecule has 0 unspecified atom stereocenters. The SMILES string of the molecule is Cc1ccc(S(=O)(=O)NC(=O)c2ccc3c(c2)OCC(=O)N3)s1. The predicted molar refractivity (Wildman–Crippen MR) is 84.3 cm³/mol. The number of carbonyl (C=O) groups is 2. The van der Waals surface area contributed by atoms with Gasteiger partial charge in [0.1, 0.15) is 9.96 Å². The Morgan fingerprint density at radius 1 is 1.30 bits per heavy atom. The van der Waals surface area contributed by atoms with Crippen molar-refractivity contribution < 1.29 is 22.7 Å². The Kier molecular flexibility index (Phi) is 3.82. The van der Waals surface area contributed by atoms with E-state index in [0.29, 0.717) is 11.4 Å². The second-order valence-electron chi connectivity index (χ2n) is 4.85. The van der Waals surface area contributed by atoms with Gasteiger partial charge in [-0.3, -0.25) is 9.59 Å². The van der Waals surface area contributed by atoms with Crippen molar-refractivity contribution in [3.63, 3.8) is 0 Å². The smallest absolute Gasteiger partial charge is 0.273 e. The van der Waals surface area contributed by atoms with Crippen LogP contribution in [-0.4, -0.2) is 26.8 Å². The van der Waals surface area contributed by atoms with Gasteiger partial charge in [0.15, 0.2) is 6.61 Å². The minimum atomic E-state index is -3.91. The fraction of sp³-hybridized carbons (Fsp3) is 0.143. The molecule has 0 bridgehead atoms. The molecule has 0 spiro atoms. The molecule has 0 fully saturated rings. The van der Waals surface area contributed by atoms with Crippen molar-refractivity contribution in [2.45, 2.75) is 11.1 Å². The van der Waals surface area contributed by atoms with Crippen LogP contribution in [0, 0.1) is 6.92 Å². The summed E-state index contributed by atoms with van der Waals surface area (Å²) in [6.07, 6.45) is 0. The van der Waals surface area contributed by atoms with Gasteiger partial charge in [-0.05, 0) is 37.3 Å². The molecule has 7 nitrogen and oxygen atoms in total. The van der Waals surface area contributed by atoms with E-state index in [-0.39, 0.29) is 22.3 Å². The normalized spacial score (nSPS) is 13.7. The molecule has 0 saturated carbocycles. The highest BCUT2D eigenvalue weighted by Gasteiger charge is 2.22. The Bertz CT molecular complexity index is 902. The van der Waals surface area contributed by atoms with Crippen LogP contribution in [0.25, 0.3) is 0 Å². The number of amides is 2. The summed E-state index contributed by atoms with van der Waals surface area (Å²) < 4.78 is 31.6. The number of hydrogen-bond acceptors (Lipinski definition) is 6. The topological polar surface area (TPSA) is 102 Å². The minimum absolute atomic E-state index is 0.0739. The third kappa shape index (κ3) is 3.20. The number of anilines is 1. The molecule has 0 saturated heterocycles. The third-order valence-corrected chi connectivity index (χ3v) is 5.91. The molecule has 2 amide bonds. The van der Waals surface area contributed by atoms with Gasteiger partial charge in [-0.1, -0.05) is 0 Å². The van der Waals surface area contributed by atoms with Crippen molar-refractivity contribution in [2.24, 2.45) is 0 Å². The van der Waals surface area contributed by atoms with Gasteiger partial charge >= 0.3 is 0 Å². The number of nitrogens with one attached hydrogen (secondary N) is 2. The van der Waals surface area contributed by atoms with E-state index < -0.39 is 15.9 Å². The molecule has 2 aromatic rings. The molecular formula is C14H12N2O5S2. The number of aryl methyl sites for hydroxylation is 1. The van der Waals surface area contributed by atoms with E-state index in [1.54, 1.807) is 13.0 Å². The summed E-state index contributed by atoms with van der Waals surface area (Å²) in [5.74, 6) is -0.730. The summed E-state index contributed by atoms with van der Waals surface area (Å²) in [6.45, 7) is 1.63. The van der Waals surface area contributed by atoms with Crippen molar-refractivity contribution in [1.29, 1.82) is 0 Å². The number of fused-ring (bicyclic) bond motifs is 1. The van der Waals surface area contributed by atoms with Gasteiger partial charge in [0.05, 0.1) is 5.69 Å². The zero-order valence-corrected chi connectivity index (χ0v) is 13.6. The van der Waals surface area contributed by atoms with Crippen LogP contribution in [0.4, 0.5) is 5.69 Å². The van der Waals surface area contributed by atoms with E-state index in [1.807, 2.05) is 4.72 Å². The number of carbonyl (C=O) groups excluding carboxylic acids is 2. The molecule has 2 heterocycles. The Morgan fingerprint density at radius 3 is 2.78 bits per heavy atom. The van der Waals surface area contributed by atoms with Crippen LogP contribution < -0.4 is 14.8 Å². The zero-order valence-electron chi connectivity index (χ0n) is 12.0. The maximum atomic E-state index is 12.2. The molecule has 0 radical (unpaired) electrons. The van der Waals surface area contributed by atoms with E-state index in [0.717, 1.165) is 16.2 Å². The van der Waals surface area contributed by atoms with E-state index >= 15 is 0 Å². The number of sulfonamides is 1. The number of benzene rings is 1. The van der Waals surface area contributed by atoms with Crippen molar-refractivity contribution in [3.8, 4) is 5.75 Å². The summed E-state index contributed by atoms with van der Waals surface area (Å²) in [5.41, 5.74) is 0.561. The van der Waals surface area contributed by atoms with Gasteiger partial charge in [0.2, 0.25) is 0 Å². The molecule has 23 heavy (non-hydrogen) atoms. The van der Waals surface area contributed by atoms with Gasteiger partial charge in [-0.2, -0.15) is 0 Å². The Morgan fingerprint density at radius 2 is 2.09 bits per heavy atom. The van der Waals surface area contributed by atoms with Crippen LogP contribution in [0.3, 0.4) is 0 Å². The van der Waals surface area contributed by atoms with Gasteiger partial charge < -0.3 is 10.1 Å². The van der Waals surface area contributed by atoms with Crippen LogP contribution in [0.1, 0.15) is 15.2 Å². The molecule has 3 rings (SSSR count). The molecular weight excluding hydrogens is 340 g/mol. The van der Waals surface area contributed by atoms with Crippen LogP contribution in [-0.2, 0) is 14.8 Å². The first-order chi connectivity index (χ1) is 10.8. The number of thiophene rings is 1. The highest BCUT2D eigenvalue weighted by molar-refractivity contribution is 7.92. The summed E-state index contributed by atoms with van der Waals surface area (Å²) in [7, 11) is -3.91. The van der Waals surface area contributed by atoms with Crippen LogP contribution in [0.15, 0.2) is 34.5 Å². The van der Waals surface area contributed by atoms with Gasteiger partial charge in [0, 0.05) is 10.4 Å². The Hall–Kier alpha value is -2.39. The third-order valence-electron chi connectivity index (χ3n) is 3.08. The first-order valence-corrected chi connectivity index (χ1v) is 8.85. The second kappa shape index (κ2) is 5.67. The highest BCUT2D eigenvalue weighted by atomic mass is 32.2. The first-order valence-electron chi connectivity index (χ1n) is 6.55. The second-order valence-corrected chi connectivity index (χ2v) is 8.04. The predicted octanol–water partition coefficient (Wildman–Crippen LogP) is 1.51. The van der Waals surface area contributed by atoms with Crippen LogP contribution >= 0.6 is 11.3 Å². The quantitative estimate of drug-likeness (QED) is 0.872. The minimum Gasteiger partial charge on any atom is -0.482 e. The van der Waals surface area contributed by atoms with E-state index in [2.05, 4.69) is 5.32 Å². The van der Waals surface area contributed by atoms with Crippen molar-refractivity contribution in [2.75, 3.05) is 11.9 Å². The zero-order chi connectivity index (χ0) is 16.6. The standard InChI is InChI=1S/C14H12N2O5S2/c1-8-2-5-13(22-8)23(19,20)16-14(18)9-3-4-10-11(6-9)21-7-12(17)15-10/h2-6H,7H2,1H3,(H,15,17)(H,16,18). The highest BCUT2D eigenvalue weighted by Crippen LogP contribution is 2.28. The van der Waals surface area contributed by atoms with Gasteiger partial charge in [0.25, 0.3) is 21.8 Å². The molecule has 0 atom stereocenters. The average Bonchev–Trinajstić information content (AvgIpc) is 2.93. The lowest BCUT2D eigenvalue weighted by molar-refractivity contribution is -0.118. The maximum absolute atomic E-state index is 12.2. The Labute approximate surface area is 136 Å². The molecule has 0 aliphatic carbocycles. The van der Waals surface area contributed by atoms with Gasteiger partial charge in [-0.25, -0.2) is 13.1 Å². The van der Waals surface area contributed by atoms with Crippen molar-refractivity contribution in [1.82, 2.24) is 4.72 Å². The molecule has 1 aliphatic heterocycles. The van der Waals surface area contributed by atoms with Crippen LogP contribution in [0.5, 0.6) is 5.75 Å². The lowest BCUT2D eigenvalue weighted by Gasteiger charge is -2.18. The number of hydrogen-bond donors (Lipinski definition) is 2. The monoisotopic (exact) mass is 352 g/mol. The van der Waals surface area contributed by atoms with E-state index in [9.17, 15) is 18.0 Å². The largest absolute Gasteiger partial charge is 0.482 e. The average molecular weight is 352 g/mol. The molecule has 2 N–H and O–H groups in total. The maximum Gasteiger partial charge on any atom is 0.273 e. The van der Waals surface area contributed by atoms with E-state index in [1.165, 1.54) is 24.3 Å². The molecule has 9 heteroatoms. The first kappa shape index (κ1) is 15.5. The van der Waals surface area contributed by atoms with Crippen molar-refractivity contribution in [3.05, 3.63) is 40.8 Å². The molecule has 1 aromatic heterocycles. The summed E-state index contributed by atoms with van der Waals surface area (Å²) >= 11 is 1.08. The lowest BCUT2D eigenvalue weighted by Crippen LogP contribution is -2.30.